The number of carbonyl (C=O) groups excluding carboxylic acids is 5. The van der Waals surface area contributed by atoms with E-state index in [0.717, 1.165) is 31.0 Å². The Morgan fingerprint density at radius 2 is 1.82 bits per heavy atom. The number of benzene rings is 1. The summed E-state index contributed by atoms with van der Waals surface area (Å²) in [5, 5.41) is 5.18. The summed E-state index contributed by atoms with van der Waals surface area (Å²) in [6.07, 6.45) is -1.35. The quantitative estimate of drug-likeness (QED) is 0.141. The Bertz CT molecular complexity index is 2850. The van der Waals surface area contributed by atoms with E-state index in [1.54, 1.807) is 69.2 Å². The van der Waals surface area contributed by atoms with Gasteiger partial charge in [0.25, 0.3) is 11.8 Å². The van der Waals surface area contributed by atoms with Gasteiger partial charge in [-0.15, -0.1) is 0 Å². The van der Waals surface area contributed by atoms with Crippen molar-refractivity contribution in [1.29, 1.82) is 0 Å². The normalized spacial score (nSPS) is 21.6. The molecule has 3 aromatic heterocycles. The molecular formula is C53H67F3N10O7S. The van der Waals surface area contributed by atoms with Crippen LogP contribution in [0.1, 0.15) is 97.3 Å². The number of amides is 4. The Morgan fingerprint density at radius 3 is 2.51 bits per heavy atom. The predicted octanol–water partition coefficient (Wildman–Crippen LogP) is 5.96. The van der Waals surface area contributed by atoms with Crippen LogP contribution in [0.4, 0.5) is 13.2 Å². The highest BCUT2D eigenvalue weighted by Gasteiger charge is 2.41. The van der Waals surface area contributed by atoms with E-state index >= 15 is 0 Å². The largest absolute Gasteiger partial charge is 0.464 e. The lowest BCUT2D eigenvalue weighted by Crippen LogP contribution is -2.62. The first kappa shape index (κ1) is 54.3. The first-order valence-electron chi connectivity index (χ1n) is 25.4. The monoisotopic (exact) mass is 1040 g/mol. The molecule has 4 aliphatic rings. The van der Waals surface area contributed by atoms with Gasteiger partial charge in [0, 0.05) is 86.9 Å². The molecule has 0 radical (unpaired) electrons. The molecule has 3 fully saturated rings. The first-order chi connectivity index (χ1) is 34.9. The van der Waals surface area contributed by atoms with Crippen molar-refractivity contribution in [2.75, 3.05) is 53.5 Å². The van der Waals surface area contributed by atoms with Crippen molar-refractivity contribution in [2.45, 2.75) is 129 Å². The second-order valence-corrected chi connectivity index (χ2v) is 22.4. The SMILES string of the molecule is CO[C@@H](C)c1ncccc1-c1c2c3cc(ccc3n1CC(F)(F)F)-c1nc(ns1)C[C@H](NC(=O)C(C(C)C)N(C)C(=O)[C@H]1CCN(C(=O)C#CC(C)(C)N3CCC3)C1)C(=O)N1CCC[C@H](N1)C(=O)OCC(C)(C)C2. The summed E-state index contributed by atoms with van der Waals surface area (Å²) >= 11 is 1.04. The average molecular weight is 1050 g/mol. The summed E-state index contributed by atoms with van der Waals surface area (Å²) in [5.74, 6) is 2.68. The van der Waals surface area contributed by atoms with Crippen molar-refractivity contribution < 1.29 is 46.6 Å². The van der Waals surface area contributed by atoms with E-state index < -0.39 is 77.5 Å². The average Bonchev–Trinajstić information content (AvgIpc) is 4.09. The molecule has 6 bridgehead atoms. The van der Waals surface area contributed by atoms with Gasteiger partial charge in [-0.05, 0) is 112 Å². The number of fused-ring (bicyclic) bond motifs is 6. The summed E-state index contributed by atoms with van der Waals surface area (Å²) in [4.78, 5) is 85.2. The van der Waals surface area contributed by atoms with E-state index in [1.807, 2.05) is 27.7 Å². The zero-order chi connectivity index (χ0) is 53.4. The number of likely N-dealkylation sites (tertiary alicyclic amines) is 2. The molecule has 0 aliphatic carbocycles. The van der Waals surface area contributed by atoms with Gasteiger partial charge in [0.05, 0.1) is 35.6 Å². The number of halogens is 3. The van der Waals surface area contributed by atoms with E-state index in [2.05, 4.69) is 36.8 Å². The highest BCUT2D eigenvalue weighted by molar-refractivity contribution is 7.09. The summed E-state index contributed by atoms with van der Waals surface area (Å²) in [6, 6.07) is 5.28. The van der Waals surface area contributed by atoms with Gasteiger partial charge in [-0.3, -0.25) is 38.9 Å². The summed E-state index contributed by atoms with van der Waals surface area (Å²) in [5.41, 5.74) is 4.45. The van der Waals surface area contributed by atoms with Crippen LogP contribution in [-0.4, -0.2) is 152 Å². The van der Waals surface area contributed by atoms with E-state index in [4.69, 9.17) is 14.5 Å². The molecule has 1 aromatic carbocycles. The van der Waals surface area contributed by atoms with Gasteiger partial charge in [0.15, 0.2) is 0 Å². The lowest BCUT2D eigenvalue weighted by molar-refractivity contribution is -0.155. The van der Waals surface area contributed by atoms with Crippen molar-refractivity contribution in [2.24, 2.45) is 17.3 Å². The number of hydrazine groups is 1. The van der Waals surface area contributed by atoms with Gasteiger partial charge >= 0.3 is 12.1 Å². The maximum Gasteiger partial charge on any atom is 0.406 e. The second-order valence-electron chi connectivity index (χ2n) is 21.6. The number of cyclic esters (lactones) is 1. The molecule has 4 aromatic rings. The van der Waals surface area contributed by atoms with Crippen LogP contribution in [0.25, 0.3) is 32.7 Å². The molecular weight excluding hydrogens is 978 g/mol. The van der Waals surface area contributed by atoms with E-state index in [1.165, 1.54) is 21.6 Å². The molecule has 74 heavy (non-hydrogen) atoms. The molecule has 2 N–H and O–H groups in total. The summed E-state index contributed by atoms with van der Waals surface area (Å²) < 4.78 is 61.6. The predicted molar refractivity (Wildman–Crippen MR) is 272 cm³/mol. The van der Waals surface area contributed by atoms with Gasteiger partial charge < -0.3 is 29.2 Å². The van der Waals surface area contributed by atoms with E-state index in [9.17, 15) is 37.1 Å². The zero-order valence-electron chi connectivity index (χ0n) is 43.6. The van der Waals surface area contributed by atoms with Gasteiger partial charge in [0.2, 0.25) is 11.8 Å². The third-order valence-corrected chi connectivity index (χ3v) is 15.5. The lowest BCUT2D eigenvalue weighted by atomic mass is 9.84. The molecule has 8 rings (SSSR count). The van der Waals surface area contributed by atoms with Crippen LogP contribution in [0, 0.1) is 29.1 Å². The third-order valence-electron chi connectivity index (χ3n) is 14.7. The molecule has 398 valence electrons. The number of likely N-dealkylation sites (N-methyl/N-ethyl adjacent to an activating group) is 1. The number of rotatable bonds is 10. The van der Waals surface area contributed by atoms with Crippen molar-refractivity contribution in [3.8, 4) is 33.7 Å². The molecule has 1 unspecified atom stereocenters. The maximum absolute atomic E-state index is 14.7. The molecule has 3 saturated heterocycles. The van der Waals surface area contributed by atoms with E-state index in [-0.39, 0.29) is 50.2 Å². The fourth-order valence-corrected chi connectivity index (χ4v) is 11.2. The van der Waals surface area contributed by atoms with Gasteiger partial charge in [-0.2, -0.15) is 17.5 Å². The van der Waals surface area contributed by atoms with Crippen molar-refractivity contribution >= 4 is 52.0 Å². The minimum atomic E-state index is -4.61. The fourth-order valence-electron chi connectivity index (χ4n) is 10.5. The number of esters is 1. The number of hydrogen-bond donors (Lipinski definition) is 2. The Morgan fingerprint density at radius 1 is 1.07 bits per heavy atom. The molecule has 5 atom stereocenters. The number of nitrogens with zero attached hydrogens (tertiary/aromatic N) is 8. The summed E-state index contributed by atoms with van der Waals surface area (Å²) in [7, 11) is 3.06. The standard InChI is InChI=1S/C53H67F3N10O7S/c1-31(2)44(62(8)48(69)34-18-24-63(28-34)42(67)17-19-52(6,7)64-21-12-22-64)46(68)58-39-26-41-59-47(74-61-41)33-15-16-40-36(25-33)37(27-51(4,5)30-73-50(71)38-14-11-23-66(60-38)49(39)70)45(65(40)29-53(54,55)56)35-13-10-20-57-43(35)32(3)72-9/h10,13,15-16,20,25,31-32,34,38-39,44,60H,11-12,14,18,21-24,26-30H2,1-9H3,(H,58,68)/t32-,34-,38-,39-,44?/m0/s1. The Labute approximate surface area is 434 Å². The number of ether oxygens (including phenoxy) is 2. The van der Waals surface area contributed by atoms with Crippen LogP contribution in [0.15, 0.2) is 36.5 Å². The molecule has 7 heterocycles. The second kappa shape index (κ2) is 21.7. The Balaban J connectivity index is 1.12. The van der Waals surface area contributed by atoms with Crippen LogP contribution < -0.4 is 10.7 Å². The Kier molecular flexibility index (Phi) is 15.9. The maximum atomic E-state index is 14.7. The van der Waals surface area contributed by atoms with Crippen LogP contribution in [0.2, 0.25) is 0 Å². The topological polar surface area (TPSA) is 184 Å². The lowest BCUT2D eigenvalue weighted by Gasteiger charge is -2.41. The van der Waals surface area contributed by atoms with Crippen LogP contribution >= 0.6 is 11.5 Å². The van der Waals surface area contributed by atoms with Gasteiger partial charge in [-0.25, -0.2) is 10.4 Å². The molecule has 17 nitrogen and oxygen atoms in total. The van der Waals surface area contributed by atoms with Crippen LogP contribution in [-0.2, 0) is 52.8 Å². The number of hydrogen-bond acceptors (Lipinski definition) is 13. The molecule has 0 saturated carbocycles. The minimum Gasteiger partial charge on any atom is -0.464 e. The van der Waals surface area contributed by atoms with E-state index in [0.29, 0.717) is 69.8 Å². The fraction of sp³-hybridized carbons (Fsp3) is 0.585. The summed E-state index contributed by atoms with van der Waals surface area (Å²) in [6.45, 7) is 14.3. The third kappa shape index (κ3) is 11.8. The number of aromatic nitrogens is 4. The Hall–Kier alpha value is -5.95. The molecule has 4 aliphatic heterocycles. The van der Waals surface area contributed by atoms with Crippen molar-refractivity contribution in [1.82, 2.24) is 49.4 Å². The minimum absolute atomic E-state index is 0.112. The number of alkyl halides is 3. The zero-order valence-corrected chi connectivity index (χ0v) is 44.4. The van der Waals surface area contributed by atoms with Crippen LogP contribution in [0.5, 0.6) is 0 Å². The van der Waals surface area contributed by atoms with Crippen molar-refractivity contribution in [3.05, 3.63) is 53.6 Å². The molecule has 0 spiro atoms. The number of carbonyl (C=O) groups is 5. The number of nitrogens with one attached hydrogen (secondary N) is 2. The highest BCUT2D eigenvalue weighted by Crippen LogP contribution is 2.43. The highest BCUT2D eigenvalue weighted by atomic mass is 32.1. The molecule has 4 amide bonds. The van der Waals surface area contributed by atoms with Gasteiger partial charge in [-0.1, -0.05) is 33.6 Å². The number of methoxy groups -OCH3 is 1. The molecule has 21 heteroatoms. The van der Waals surface area contributed by atoms with Crippen molar-refractivity contribution in [3.63, 3.8) is 0 Å². The van der Waals surface area contributed by atoms with Crippen LogP contribution in [0.3, 0.4) is 0 Å². The number of pyridine rings is 1. The van der Waals surface area contributed by atoms with Gasteiger partial charge in [0.1, 0.15) is 35.5 Å². The smallest absolute Gasteiger partial charge is 0.406 e. The first-order valence-corrected chi connectivity index (χ1v) is 26.1.